The minimum Gasteiger partial charge on any atom is -0.435 e. The molecule has 0 bridgehead atoms. The molecule has 1 rings (SSSR count). The fraction of sp³-hybridized carbons (Fsp3) is 0.727. The molecule has 1 aliphatic rings. The molecule has 0 N–H and O–H groups in total. The Morgan fingerprint density at radius 2 is 2.20 bits per heavy atom. The largest absolute Gasteiger partial charge is 0.435 e. The normalized spacial score (nSPS) is 27.2. The lowest BCUT2D eigenvalue weighted by molar-refractivity contribution is -0.204. The van der Waals surface area contributed by atoms with Crippen LogP contribution in [0.4, 0.5) is 0 Å². The van der Waals surface area contributed by atoms with Crippen molar-refractivity contribution < 1.29 is 14.3 Å². The number of hydrogen-bond donors (Lipinski definition) is 0. The van der Waals surface area contributed by atoms with E-state index in [9.17, 15) is 4.79 Å². The fourth-order valence-corrected chi connectivity index (χ4v) is 3.37. The van der Waals surface area contributed by atoms with Gasteiger partial charge in [-0.05, 0) is 19.8 Å². The van der Waals surface area contributed by atoms with Gasteiger partial charge in [-0.3, -0.25) is 0 Å². The first kappa shape index (κ1) is 12.5. The number of allylic oxidation sites excluding steroid dienone is 1. The van der Waals surface area contributed by atoms with Crippen LogP contribution in [0.5, 0.6) is 0 Å². The fourth-order valence-electron chi connectivity index (χ4n) is 1.78. The van der Waals surface area contributed by atoms with Crippen LogP contribution >= 0.6 is 0 Å². The first-order valence-corrected chi connectivity index (χ1v) is 8.49. The lowest BCUT2D eigenvalue weighted by Gasteiger charge is -2.39. The van der Waals surface area contributed by atoms with Crippen molar-refractivity contribution >= 4 is 14.8 Å². The monoisotopic (exact) mass is 228 g/mol. The topological polar surface area (TPSA) is 35.5 Å². The molecular formula is C11H20O3Si. The van der Waals surface area contributed by atoms with E-state index in [0.29, 0.717) is 6.61 Å². The van der Waals surface area contributed by atoms with Crippen molar-refractivity contribution in [3.8, 4) is 0 Å². The van der Waals surface area contributed by atoms with Crippen LogP contribution in [-0.2, 0) is 14.3 Å². The third kappa shape index (κ3) is 3.17. The van der Waals surface area contributed by atoms with E-state index in [1.807, 2.05) is 6.92 Å². The molecule has 4 heteroatoms. The summed E-state index contributed by atoms with van der Waals surface area (Å²) in [6.07, 6.45) is 6.18. The number of ether oxygens (including phenoxy) is 2. The second-order valence-electron chi connectivity index (χ2n) is 4.19. The van der Waals surface area contributed by atoms with E-state index < -0.39 is 14.2 Å². The first-order chi connectivity index (χ1) is 7.10. The quantitative estimate of drug-likeness (QED) is 0.421. The van der Waals surface area contributed by atoms with Crippen LogP contribution in [0.1, 0.15) is 26.2 Å². The molecule has 0 radical (unpaired) electrons. The maximum absolute atomic E-state index is 11.5. The van der Waals surface area contributed by atoms with Crippen molar-refractivity contribution in [1.29, 1.82) is 0 Å². The van der Waals surface area contributed by atoms with Gasteiger partial charge in [0.05, 0.1) is 6.61 Å². The van der Waals surface area contributed by atoms with Gasteiger partial charge in [-0.15, -0.1) is 0 Å². The number of carbonyl (C=O) groups is 1. The summed E-state index contributed by atoms with van der Waals surface area (Å²) >= 11 is 0. The zero-order valence-electron chi connectivity index (χ0n) is 9.79. The molecule has 1 aliphatic heterocycles. The van der Waals surface area contributed by atoms with Crippen LogP contribution < -0.4 is 0 Å². The summed E-state index contributed by atoms with van der Waals surface area (Å²) in [5.41, 5.74) is -0.561. The lowest BCUT2D eigenvalue weighted by atomic mass is 10.2. The third-order valence-electron chi connectivity index (χ3n) is 2.72. The molecule has 0 aromatic rings. The molecule has 1 fully saturated rings. The standard InChI is InChI=1S/C11H20O3Si/c1-4-7-10(12)14-11(15(2)3)8-5-6-9-13-11/h4,7,15H,5-6,8-9H2,1-3H3. The van der Waals surface area contributed by atoms with Crippen LogP contribution in [-0.4, -0.2) is 26.8 Å². The van der Waals surface area contributed by atoms with E-state index in [2.05, 4.69) is 13.1 Å². The van der Waals surface area contributed by atoms with Crippen LogP contribution in [0, 0.1) is 0 Å². The Labute approximate surface area is 93.1 Å². The van der Waals surface area contributed by atoms with E-state index in [0.717, 1.165) is 19.3 Å². The number of carbonyl (C=O) groups excluding carboxylic acids is 1. The van der Waals surface area contributed by atoms with Crippen LogP contribution in [0.2, 0.25) is 13.1 Å². The van der Waals surface area contributed by atoms with Gasteiger partial charge >= 0.3 is 5.97 Å². The smallest absolute Gasteiger partial charge is 0.332 e. The summed E-state index contributed by atoms with van der Waals surface area (Å²) in [5.74, 6) is -0.277. The number of hydrogen-bond acceptors (Lipinski definition) is 3. The summed E-state index contributed by atoms with van der Waals surface area (Å²) in [6.45, 7) is 6.85. The van der Waals surface area contributed by atoms with E-state index >= 15 is 0 Å². The van der Waals surface area contributed by atoms with E-state index in [1.54, 1.807) is 6.08 Å². The van der Waals surface area contributed by atoms with Crippen LogP contribution in [0.15, 0.2) is 12.2 Å². The minimum absolute atomic E-state index is 0.277. The van der Waals surface area contributed by atoms with Crippen molar-refractivity contribution in [2.45, 2.75) is 44.7 Å². The van der Waals surface area contributed by atoms with Crippen LogP contribution in [0.25, 0.3) is 0 Å². The van der Waals surface area contributed by atoms with Gasteiger partial charge in [0.2, 0.25) is 0 Å². The Morgan fingerprint density at radius 3 is 2.67 bits per heavy atom. The van der Waals surface area contributed by atoms with Gasteiger partial charge in [-0.2, -0.15) is 0 Å². The Kier molecular flexibility index (Phi) is 4.54. The number of rotatable bonds is 3. The Hall–Kier alpha value is -0.613. The van der Waals surface area contributed by atoms with Crippen molar-refractivity contribution in [2.75, 3.05) is 6.61 Å². The van der Waals surface area contributed by atoms with Gasteiger partial charge in [0, 0.05) is 12.5 Å². The van der Waals surface area contributed by atoms with Gasteiger partial charge in [0.15, 0.2) is 5.41 Å². The second kappa shape index (κ2) is 5.46. The third-order valence-corrected chi connectivity index (χ3v) is 5.05. The molecule has 0 aliphatic carbocycles. The molecule has 86 valence electrons. The van der Waals surface area contributed by atoms with Gasteiger partial charge in [-0.1, -0.05) is 19.2 Å². The van der Waals surface area contributed by atoms with E-state index in [1.165, 1.54) is 6.08 Å². The molecule has 0 amide bonds. The predicted octanol–water partition coefficient (Wildman–Crippen LogP) is 2.03. The average molecular weight is 228 g/mol. The minimum atomic E-state index is -1.17. The van der Waals surface area contributed by atoms with E-state index in [4.69, 9.17) is 9.47 Å². The summed E-state index contributed by atoms with van der Waals surface area (Å²) in [4.78, 5) is 11.5. The number of esters is 1. The highest BCUT2D eigenvalue weighted by Crippen LogP contribution is 2.29. The average Bonchev–Trinajstić information content (AvgIpc) is 2.19. The highest BCUT2D eigenvalue weighted by molar-refractivity contribution is 6.58. The molecule has 1 atom stereocenters. The summed E-state index contributed by atoms with van der Waals surface area (Å²) in [5, 5.41) is 0. The molecule has 0 aromatic heterocycles. The summed E-state index contributed by atoms with van der Waals surface area (Å²) in [6, 6.07) is 0. The SMILES string of the molecule is CC=CC(=O)OC1([SiH](C)C)CCCCO1. The van der Waals surface area contributed by atoms with Gasteiger partial charge in [-0.25, -0.2) is 4.79 Å². The van der Waals surface area contributed by atoms with Gasteiger partial charge in [0.1, 0.15) is 8.80 Å². The Balaban J connectivity index is 2.68. The Morgan fingerprint density at radius 1 is 1.47 bits per heavy atom. The van der Waals surface area contributed by atoms with E-state index in [-0.39, 0.29) is 5.97 Å². The van der Waals surface area contributed by atoms with Crippen molar-refractivity contribution in [1.82, 2.24) is 0 Å². The van der Waals surface area contributed by atoms with Crippen molar-refractivity contribution in [2.24, 2.45) is 0 Å². The molecule has 0 spiro atoms. The van der Waals surface area contributed by atoms with Crippen molar-refractivity contribution in [3.05, 3.63) is 12.2 Å². The van der Waals surface area contributed by atoms with Gasteiger partial charge in [0.25, 0.3) is 0 Å². The molecule has 1 saturated heterocycles. The summed E-state index contributed by atoms with van der Waals surface area (Å²) < 4.78 is 11.2. The lowest BCUT2D eigenvalue weighted by Crippen LogP contribution is -2.50. The molecular weight excluding hydrogens is 208 g/mol. The highest BCUT2D eigenvalue weighted by Gasteiger charge is 2.40. The summed E-state index contributed by atoms with van der Waals surface area (Å²) in [7, 11) is -1.17. The molecule has 3 nitrogen and oxygen atoms in total. The Bertz CT molecular complexity index is 242. The molecule has 1 unspecified atom stereocenters. The highest BCUT2D eigenvalue weighted by atomic mass is 28.3. The maximum Gasteiger partial charge on any atom is 0.332 e. The molecule has 0 aromatic carbocycles. The predicted molar refractivity (Wildman–Crippen MR) is 62.3 cm³/mol. The van der Waals surface area contributed by atoms with Gasteiger partial charge < -0.3 is 9.47 Å². The zero-order chi connectivity index (χ0) is 11.3. The van der Waals surface area contributed by atoms with Crippen LogP contribution in [0.3, 0.4) is 0 Å². The zero-order valence-corrected chi connectivity index (χ0v) is 10.9. The van der Waals surface area contributed by atoms with Crippen molar-refractivity contribution in [3.63, 3.8) is 0 Å². The first-order valence-electron chi connectivity index (χ1n) is 5.60. The molecule has 0 saturated carbocycles. The molecule has 1 heterocycles. The molecule has 15 heavy (non-hydrogen) atoms. The maximum atomic E-state index is 11.5. The second-order valence-corrected chi connectivity index (χ2v) is 7.38.